The summed E-state index contributed by atoms with van der Waals surface area (Å²) in [4.78, 5) is 2.40. The van der Waals surface area contributed by atoms with Crippen LogP contribution in [-0.2, 0) is 9.84 Å². The van der Waals surface area contributed by atoms with Crippen molar-refractivity contribution < 1.29 is 8.42 Å². The molecule has 0 aromatic rings. The van der Waals surface area contributed by atoms with E-state index in [1.54, 1.807) is 0 Å². The Kier molecular flexibility index (Phi) is 8.82. The van der Waals surface area contributed by atoms with Crippen LogP contribution in [0, 0.1) is 5.92 Å². The van der Waals surface area contributed by atoms with Crippen LogP contribution in [0.5, 0.6) is 0 Å². The Labute approximate surface area is 107 Å². The van der Waals surface area contributed by atoms with Gasteiger partial charge >= 0.3 is 0 Å². The lowest BCUT2D eigenvalue weighted by molar-refractivity contribution is 0.246. The highest BCUT2D eigenvalue weighted by atomic mass is 32.2. The molecule has 0 saturated carbocycles. The van der Waals surface area contributed by atoms with E-state index in [0.717, 1.165) is 32.1 Å². The minimum absolute atomic E-state index is 0.227. The van der Waals surface area contributed by atoms with Crippen LogP contribution in [0.25, 0.3) is 0 Å². The molecule has 0 aliphatic carbocycles. The Morgan fingerprint density at radius 1 is 1.24 bits per heavy atom. The summed E-state index contributed by atoms with van der Waals surface area (Å²) in [6.07, 6.45) is 2.48. The van der Waals surface area contributed by atoms with Gasteiger partial charge in [-0.05, 0) is 12.5 Å². The molecule has 0 rings (SSSR count). The molecule has 0 aliphatic rings. The lowest BCUT2D eigenvalue weighted by atomic mass is 10.1. The second-order valence-corrected chi connectivity index (χ2v) is 7.05. The molecule has 4 nitrogen and oxygen atoms in total. The van der Waals surface area contributed by atoms with E-state index in [4.69, 9.17) is 0 Å². The van der Waals surface area contributed by atoms with Gasteiger partial charge in [-0.1, -0.05) is 27.2 Å². The molecule has 17 heavy (non-hydrogen) atoms. The molecule has 0 spiro atoms. The Hall–Kier alpha value is -0.130. The highest BCUT2D eigenvalue weighted by Crippen LogP contribution is 2.03. The topological polar surface area (TPSA) is 49.4 Å². The molecule has 104 valence electrons. The van der Waals surface area contributed by atoms with Gasteiger partial charge in [-0.25, -0.2) is 8.42 Å². The van der Waals surface area contributed by atoms with Gasteiger partial charge in [-0.3, -0.25) is 0 Å². The maximum absolute atomic E-state index is 10.9. The average Bonchev–Trinajstić information content (AvgIpc) is 2.25. The van der Waals surface area contributed by atoms with Crippen LogP contribution in [0.4, 0.5) is 0 Å². The van der Waals surface area contributed by atoms with E-state index in [2.05, 4.69) is 31.0 Å². The minimum Gasteiger partial charge on any atom is -0.314 e. The van der Waals surface area contributed by atoms with Crippen LogP contribution >= 0.6 is 0 Å². The van der Waals surface area contributed by atoms with Crippen molar-refractivity contribution in [2.75, 3.05) is 44.7 Å². The second-order valence-electron chi connectivity index (χ2n) is 4.79. The quantitative estimate of drug-likeness (QED) is 0.598. The molecule has 1 unspecified atom stereocenters. The molecule has 0 fully saturated rings. The number of sulfone groups is 1. The SMILES string of the molecule is CCC(C)CN(CC)CCNCCS(C)(=O)=O. The number of nitrogens with zero attached hydrogens (tertiary/aromatic N) is 1. The van der Waals surface area contributed by atoms with Gasteiger partial charge in [0.25, 0.3) is 0 Å². The highest BCUT2D eigenvalue weighted by molar-refractivity contribution is 7.90. The molecule has 0 aliphatic heterocycles. The summed E-state index contributed by atoms with van der Waals surface area (Å²) in [7, 11) is -2.83. The van der Waals surface area contributed by atoms with Crippen molar-refractivity contribution in [1.82, 2.24) is 10.2 Å². The molecular weight excluding hydrogens is 236 g/mol. The van der Waals surface area contributed by atoms with Crippen LogP contribution in [0.15, 0.2) is 0 Å². The third kappa shape index (κ3) is 10.7. The molecular formula is C12H28N2O2S. The van der Waals surface area contributed by atoms with E-state index in [9.17, 15) is 8.42 Å². The van der Waals surface area contributed by atoms with E-state index in [1.165, 1.54) is 12.7 Å². The molecule has 0 aromatic carbocycles. The molecule has 1 N–H and O–H groups in total. The number of rotatable bonds is 10. The van der Waals surface area contributed by atoms with Gasteiger partial charge in [0.2, 0.25) is 0 Å². The monoisotopic (exact) mass is 264 g/mol. The molecule has 0 aromatic heterocycles. The molecule has 0 saturated heterocycles. The standard InChI is InChI=1S/C12H28N2O2S/c1-5-12(3)11-14(6-2)9-7-13-8-10-17(4,15)16/h12-13H,5-11H2,1-4H3. The van der Waals surface area contributed by atoms with Gasteiger partial charge in [-0.2, -0.15) is 0 Å². The largest absolute Gasteiger partial charge is 0.314 e. The first-order chi connectivity index (χ1) is 7.89. The fourth-order valence-electron chi connectivity index (χ4n) is 1.57. The zero-order chi connectivity index (χ0) is 13.3. The van der Waals surface area contributed by atoms with Crippen LogP contribution < -0.4 is 5.32 Å². The van der Waals surface area contributed by atoms with Gasteiger partial charge < -0.3 is 10.2 Å². The van der Waals surface area contributed by atoms with Gasteiger partial charge in [0.05, 0.1) is 5.75 Å². The van der Waals surface area contributed by atoms with Crippen molar-refractivity contribution in [3.8, 4) is 0 Å². The molecule has 5 heteroatoms. The molecule has 0 amide bonds. The molecule has 0 radical (unpaired) electrons. The second kappa shape index (κ2) is 8.89. The smallest absolute Gasteiger partial charge is 0.148 e. The zero-order valence-corrected chi connectivity index (χ0v) is 12.5. The predicted octanol–water partition coefficient (Wildman–Crippen LogP) is 0.989. The number of nitrogens with one attached hydrogen (secondary N) is 1. The maximum atomic E-state index is 10.9. The molecule has 0 heterocycles. The summed E-state index contributed by atoms with van der Waals surface area (Å²) in [6, 6.07) is 0. The minimum atomic E-state index is -2.83. The van der Waals surface area contributed by atoms with E-state index < -0.39 is 9.84 Å². The first-order valence-corrected chi connectivity index (χ1v) is 8.55. The van der Waals surface area contributed by atoms with Crippen LogP contribution in [0.1, 0.15) is 27.2 Å². The summed E-state index contributed by atoms with van der Waals surface area (Å²) in [5, 5.41) is 3.18. The van der Waals surface area contributed by atoms with Crippen LogP contribution in [-0.4, -0.2) is 58.1 Å². The summed E-state index contributed by atoms with van der Waals surface area (Å²) in [5.41, 5.74) is 0. The lowest BCUT2D eigenvalue weighted by Gasteiger charge is -2.23. The van der Waals surface area contributed by atoms with E-state index in [1.807, 2.05) is 0 Å². The normalized spacial score (nSPS) is 14.2. The van der Waals surface area contributed by atoms with Gasteiger partial charge in [-0.15, -0.1) is 0 Å². The maximum Gasteiger partial charge on any atom is 0.148 e. The third-order valence-electron chi connectivity index (χ3n) is 2.97. The van der Waals surface area contributed by atoms with Crippen molar-refractivity contribution in [2.24, 2.45) is 5.92 Å². The van der Waals surface area contributed by atoms with E-state index in [0.29, 0.717) is 6.54 Å². The summed E-state index contributed by atoms with van der Waals surface area (Å²) >= 11 is 0. The first kappa shape index (κ1) is 16.9. The van der Waals surface area contributed by atoms with Gasteiger partial charge in [0, 0.05) is 32.4 Å². The van der Waals surface area contributed by atoms with E-state index in [-0.39, 0.29) is 5.75 Å². The Balaban J connectivity index is 3.63. The van der Waals surface area contributed by atoms with Crippen molar-refractivity contribution in [3.63, 3.8) is 0 Å². The number of hydrogen-bond donors (Lipinski definition) is 1. The average molecular weight is 264 g/mol. The van der Waals surface area contributed by atoms with Gasteiger partial charge in [0.1, 0.15) is 9.84 Å². The van der Waals surface area contributed by atoms with Crippen molar-refractivity contribution in [2.45, 2.75) is 27.2 Å². The Bertz CT molecular complexity index is 278. The van der Waals surface area contributed by atoms with Crippen LogP contribution in [0.3, 0.4) is 0 Å². The summed E-state index contributed by atoms with van der Waals surface area (Å²) in [5.74, 6) is 0.954. The fourth-order valence-corrected chi connectivity index (χ4v) is 2.08. The Morgan fingerprint density at radius 2 is 1.88 bits per heavy atom. The third-order valence-corrected chi connectivity index (χ3v) is 3.91. The van der Waals surface area contributed by atoms with Crippen LogP contribution in [0.2, 0.25) is 0 Å². The Morgan fingerprint density at radius 3 is 2.35 bits per heavy atom. The van der Waals surface area contributed by atoms with Gasteiger partial charge in [0.15, 0.2) is 0 Å². The first-order valence-electron chi connectivity index (χ1n) is 6.49. The number of likely N-dealkylation sites (N-methyl/N-ethyl adjacent to an activating group) is 1. The van der Waals surface area contributed by atoms with Crippen molar-refractivity contribution in [1.29, 1.82) is 0 Å². The lowest BCUT2D eigenvalue weighted by Crippen LogP contribution is -2.36. The highest BCUT2D eigenvalue weighted by Gasteiger charge is 2.06. The number of hydrogen-bond acceptors (Lipinski definition) is 4. The summed E-state index contributed by atoms with van der Waals surface area (Å²) < 4.78 is 21.8. The molecule has 1 atom stereocenters. The molecule has 0 bridgehead atoms. The van der Waals surface area contributed by atoms with Crippen molar-refractivity contribution in [3.05, 3.63) is 0 Å². The van der Waals surface area contributed by atoms with E-state index >= 15 is 0 Å². The summed E-state index contributed by atoms with van der Waals surface area (Å²) in [6.45, 7) is 11.2. The zero-order valence-electron chi connectivity index (χ0n) is 11.7. The van der Waals surface area contributed by atoms with Crippen molar-refractivity contribution >= 4 is 9.84 Å². The predicted molar refractivity (Wildman–Crippen MR) is 74.1 cm³/mol. The fraction of sp³-hybridized carbons (Fsp3) is 1.00.